The van der Waals surface area contributed by atoms with Crippen LogP contribution in [0.1, 0.15) is 12.5 Å². The minimum Gasteiger partial charge on any atom is -0.451 e. The molecule has 8 heteroatoms. The van der Waals surface area contributed by atoms with E-state index in [0.717, 1.165) is 0 Å². The molecule has 1 aromatic heterocycles. The van der Waals surface area contributed by atoms with E-state index in [2.05, 4.69) is 15.3 Å². The van der Waals surface area contributed by atoms with E-state index in [4.69, 9.17) is 10.00 Å². The van der Waals surface area contributed by atoms with E-state index < -0.39 is 18.0 Å². The zero-order valence-electron chi connectivity index (χ0n) is 13.8. The maximum atomic E-state index is 12.1. The molecule has 0 aliphatic heterocycles. The Morgan fingerprint density at radius 1 is 1.28 bits per heavy atom. The number of ether oxygens (including phenoxy) is 1. The van der Waals surface area contributed by atoms with Crippen LogP contribution in [0, 0.1) is 11.3 Å². The van der Waals surface area contributed by atoms with Crippen molar-refractivity contribution >= 4 is 23.5 Å². The Morgan fingerprint density at radius 3 is 2.64 bits per heavy atom. The van der Waals surface area contributed by atoms with Crippen LogP contribution in [-0.4, -0.2) is 41.5 Å². The summed E-state index contributed by atoms with van der Waals surface area (Å²) in [4.78, 5) is 33.6. The maximum Gasteiger partial charge on any atom is 0.326 e. The first-order chi connectivity index (χ1) is 12.0. The molecule has 128 valence electrons. The minimum absolute atomic E-state index is 0.101. The number of hydrogen-bond donors (Lipinski definition) is 1. The monoisotopic (exact) mass is 339 g/mol. The number of hydrogen-bond acceptors (Lipinski definition) is 7. The number of aromatic nitrogens is 2. The van der Waals surface area contributed by atoms with Crippen LogP contribution in [0.15, 0.2) is 42.7 Å². The van der Waals surface area contributed by atoms with E-state index >= 15 is 0 Å². The van der Waals surface area contributed by atoms with Gasteiger partial charge in [0.05, 0.1) is 11.3 Å². The van der Waals surface area contributed by atoms with Crippen molar-refractivity contribution in [1.29, 1.82) is 5.26 Å². The number of esters is 1. The van der Waals surface area contributed by atoms with Gasteiger partial charge in [0.2, 0.25) is 5.95 Å². The summed E-state index contributed by atoms with van der Waals surface area (Å²) >= 11 is 0. The summed E-state index contributed by atoms with van der Waals surface area (Å²) in [6, 6.07) is 10.2. The van der Waals surface area contributed by atoms with Crippen LogP contribution in [0.2, 0.25) is 0 Å². The van der Waals surface area contributed by atoms with Gasteiger partial charge in [-0.2, -0.15) is 5.26 Å². The quantitative estimate of drug-likeness (QED) is 0.791. The number of carbonyl (C=O) groups excluding carboxylic acids is 2. The van der Waals surface area contributed by atoms with Crippen LogP contribution in [0.5, 0.6) is 0 Å². The van der Waals surface area contributed by atoms with E-state index in [9.17, 15) is 9.59 Å². The topological polar surface area (TPSA) is 108 Å². The smallest absolute Gasteiger partial charge is 0.326 e. The molecule has 1 heterocycles. The molecule has 0 radical (unpaired) electrons. The number of para-hydroxylation sites is 1. The van der Waals surface area contributed by atoms with Crippen molar-refractivity contribution in [1.82, 2.24) is 9.97 Å². The number of nitrogens with zero attached hydrogens (tertiary/aromatic N) is 4. The van der Waals surface area contributed by atoms with Gasteiger partial charge < -0.3 is 15.0 Å². The Balaban J connectivity index is 1.90. The number of rotatable bonds is 6. The van der Waals surface area contributed by atoms with Crippen LogP contribution in [-0.2, 0) is 14.3 Å². The first kappa shape index (κ1) is 17.9. The second-order valence-corrected chi connectivity index (χ2v) is 5.18. The van der Waals surface area contributed by atoms with Crippen LogP contribution in [0.25, 0.3) is 0 Å². The molecule has 25 heavy (non-hydrogen) atoms. The van der Waals surface area contributed by atoms with Crippen molar-refractivity contribution in [2.45, 2.75) is 13.0 Å². The molecule has 0 fully saturated rings. The molecule has 0 aliphatic rings. The number of nitriles is 1. The number of carbonyl (C=O) groups is 2. The summed E-state index contributed by atoms with van der Waals surface area (Å²) < 4.78 is 5.12. The average molecular weight is 339 g/mol. The van der Waals surface area contributed by atoms with E-state index in [-0.39, 0.29) is 6.54 Å². The third-order valence-electron chi connectivity index (χ3n) is 3.24. The van der Waals surface area contributed by atoms with Gasteiger partial charge in [0, 0.05) is 19.4 Å². The lowest BCUT2D eigenvalue weighted by Gasteiger charge is -2.18. The molecule has 2 rings (SSSR count). The lowest BCUT2D eigenvalue weighted by atomic mass is 10.2. The Labute approximate surface area is 145 Å². The van der Waals surface area contributed by atoms with Gasteiger partial charge >= 0.3 is 5.97 Å². The summed E-state index contributed by atoms with van der Waals surface area (Å²) in [6.45, 7) is 1.36. The number of nitrogens with one attached hydrogen (secondary N) is 1. The van der Waals surface area contributed by atoms with E-state index in [1.165, 1.54) is 11.8 Å². The predicted octanol–water partition coefficient (Wildman–Crippen LogP) is 1.35. The van der Waals surface area contributed by atoms with Gasteiger partial charge in [-0.1, -0.05) is 12.1 Å². The minimum atomic E-state index is -1.01. The third kappa shape index (κ3) is 5.00. The van der Waals surface area contributed by atoms with E-state index in [1.807, 2.05) is 6.07 Å². The highest BCUT2D eigenvalue weighted by molar-refractivity contribution is 5.96. The van der Waals surface area contributed by atoms with Crippen molar-refractivity contribution in [3.63, 3.8) is 0 Å². The lowest BCUT2D eigenvalue weighted by molar-refractivity contribution is -0.151. The third-order valence-corrected chi connectivity index (χ3v) is 3.24. The standard InChI is InChI=1S/C17H17N5O3/c1-12(16(24)21-14-7-4-3-6-13(14)10-18)25-15(23)11-22(2)17-19-8-5-9-20-17/h3-9,12H,11H2,1-2H3,(H,21,24). The van der Waals surface area contributed by atoms with Gasteiger partial charge in [-0.25, -0.2) is 9.97 Å². The first-order valence-electron chi connectivity index (χ1n) is 7.49. The molecule has 0 aliphatic carbocycles. The van der Waals surface area contributed by atoms with E-state index in [1.54, 1.807) is 49.8 Å². The fourth-order valence-corrected chi connectivity index (χ4v) is 1.96. The highest BCUT2D eigenvalue weighted by Crippen LogP contribution is 2.14. The molecule has 8 nitrogen and oxygen atoms in total. The highest BCUT2D eigenvalue weighted by Gasteiger charge is 2.20. The van der Waals surface area contributed by atoms with Gasteiger partial charge in [-0.05, 0) is 25.1 Å². The van der Waals surface area contributed by atoms with Gasteiger partial charge in [0.15, 0.2) is 6.10 Å². The van der Waals surface area contributed by atoms with Gasteiger partial charge in [-0.15, -0.1) is 0 Å². The number of amides is 1. The van der Waals surface area contributed by atoms with Gasteiger partial charge in [-0.3, -0.25) is 9.59 Å². The fourth-order valence-electron chi connectivity index (χ4n) is 1.96. The predicted molar refractivity (Wildman–Crippen MR) is 90.6 cm³/mol. The second kappa shape index (κ2) is 8.40. The molecule has 1 N–H and O–H groups in total. The summed E-state index contributed by atoms with van der Waals surface area (Å²) in [5.74, 6) is -0.736. The molecular weight excluding hydrogens is 322 g/mol. The van der Waals surface area contributed by atoms with Crippen molar-refractivity contribution < 1.29 is 14.3 Å². The highest BCUT2D eigenvalue weighted by atomic mass is 16.5. The fraction of sp³-hybridized carbons (Fsp3) is 0.235. The van der Waals surface area contributed by atoms with Crippen molar-refractivity contribution in [3.8, 4) is 6.07 Å². The molecule has 0 bridgehead atoms. The molecule has 0 saturated heterocycles. The largest absolute Gasteiger partial charge is 0.451 e. The second-order valence-electron chi connectivity index (χ2n) is 5.18. The van der Waals surface area contributed by atoms with Crippen molar-refractivity contribution in [3.05, 3.63) is 48.3 Å². The molecule has 0 saturated carbocycles. The van der Waals surface area contributed by atoms with E-state index in [0.29, 0.717) is 17.2 Å². The molecule has 1 amide bonds. The Hall–Kier alpha value is -3.47. The Bertz CT molecular complexity index is 788. The number of benzene rings is 1. The zero-order chi connectivity index (χ0) is 18.2. The summed E-state index contributed by atoms with van der Waals surface area (Å²) in [5.41, 5.74) is 0.697. The number of likely N-dealkylation sites (N-methyl/N-ethyl adjacent to an activating group) is 1. The Kier molecular flexibility index (Phi) is 6.01. The summed E-state index contributed by atoms with van der Waals surface area (Å²) in [6.07, 6.45) is 2.11. The molecule has 1 unspecified atom stereocenters. The zero-order valence-corrected chi connectivity index (χ0v) is 13.8. The van der Waals surface area contributed by atoms with Crippen LogP contribution >= 0.6 is 0 Å². The van der Waals surface area contributed by atoms with Crippen LogP contribution in [0.3, 0.4) is 0 Å². The molecule has 1 atom stereocenters. The summed E-state index contributed by atoms with van der Waals surface area (Å²) in [7, 11) is 1.64. The van der Waals surface area contributed by atoms with Crippen molar-refractivity contribution in [2.24, 2.45) is 0 Å². The SMILES string of the molecule is CC(OC(=O)CN(C)c1ncccn1)C(=O)Nc1ccccc1C#N. The molecule has 0 spiro atoms. The van der Waals surface area contributed by atoms with Crippen LogP contribution < -0.4 is 10.2 Å². The Morgan fingerprint density at radius 2 is 1.96 bits per heavy atom. The van der Waals surface area contributed by atoms with Crippen molar-refractivity contribution in [2.75, 3.05) is 23.8 Å². The van der Waals surface area contributed by atoms with Gasteiger partial charge in [0.25, 0.3) is 5.91 Å². The number of anilines is 2. The molecule has 1 aromatic carbocycles. The molecule has 2 aromatic rings. The normalized spacial score (nSPS) is 11.1. The maximum absolute atomic E-state index is 12.1. The lowest BCUT2D eigenvalue weighted by Crippen LogP contribution is -2.35. The first-order valence-corrected chi connectivity index (χ1v) is 7.49. The average Bonchev–Trinajstić information content (AvgIpc) is 2.62. The molecular formula is C17H17N5O3. The summed E-state index contributed by atoms with van der Waals surface area (Å²) in [5, 5.41) is 11.6. The van der Waals surface area contributed by atoms with Gasteiger partial charge in [0.1, 0.15) is 12.6 Å². The van der Waals surface area contributed by atoms with Crippen LogP contribution in [0.4, 0.5) is 11.6 Å².